The zero-order valence-corrected chi connectivity index (χ0v) is 15.3. The Kier molecular flexibility index (Phi) is 4.89. The highest BCUT2D eigenvalue weighted by atomic mass is 35.5. The van der Waals surface area contributed by atoms with E-state index in [1.165, 1.54) is 7.11 Å². The van der Waals surface area contributed by atoms with Crippen molar-refractivity contribution in [2.75, 3.05) is 7.11 Å². The average Bonchev–Trinajstić information content (AvgIpc) is 2.56. The molecule has 132 valence electrons. The van der Waals surface area contributed by atoms with Gasteiger partial charge < -0.3 is 10.1 Å². The van der Waals surface area contributed by atoms with Crippen molar-refractivity contribution in [3.63, 3.8) is 0 Å². The smallest absolute Gasteiger partial charge is 0.316 e. The zero-order chi connectivity index (χ0) is 18.3. The second-order valence-electron chi connectivity index (χ2n) is 6.39. The van der Waals surface area contributed by atoms with Gasteiger partial charge in [-0.2, -0.15) is 0 Å². The van der Waals surface area contributed by atoms with Gasteiger partial charge in [0.05, 0.1) is 17.2 Å². The standard InChI is InChI=1S/C18H17Cl2NO4/c1-8-6-12-15(17(23)14(8)18(24)25-2)10(7-13(22)21-12)9-4-3-5-11(19)16(9)20/h3-5,8,10,14H,6-7H2,1-2H3,(H,21,22)/t8-,10+,14-/m1/s1. The Bertz CT molecular complexity index is 802. The summed E-state index contributed by atoms with van der Waals surface area (Å²) in [4.78, 5) is 37.3. The highest BCUT2D eigenvalue weighted by Gasteiger charge is 2.45. The fourth-order valence-electron chi connectivity index (χ4n) is 3.65. The molecule has 0 bridgehead atoms. The molecule has 1 aliphatic heterocycles. The molecule has 1 N–H and O–H groups in total. The van der Waals surface area contributed by atoms with Crippen LogP contribution in [0.5, 0.6) is 0 Å². The first-order valence-corrected chi connectivity index (χ1v) is 8.69. The molecule has 25 heavy (non-hydrogen) atoms. The number of rotatable bonds is 2. The molecule has 1 heterocycles. The van der Waals surface area contributed by atoms with Gasteiger partial charge >= 0.3 is 5.97 Å². The average molecular weight is 382 g/mol. The summed E-state index contributed by atoms with van der Waals surface area (Å²) in [6.45, 7) is 1.80. The van der Waals surface area contributed by atoms with E-state index in [1.807, 2.05) is 0 Å². The second-order valence-corrected chi connectivity index (χ2v) is 7.17. The van der Waals surface area contributed by atoms with E-state index in [-0.39, 0.29) is 24.0 Å². The van der Waals surface area contributed by atoms with Crippen LogP contribution in [0.25, 0.3) is 0 Å². The highest BCUT2D eigenvalue weighted by Crippen LogP contribution is 2.44. The fourth-order valence-corrected chi connectivity index (χ4v) is 4.09. The van der Waals surface area contributed by atoms with Crippen LogP contribution in [0.15, 0.2) is 29.5 Å². The Balaban J connectivity index is 2.12. The molecule has 0 fully saturated rings. The van der Waals surface area contributed by atoms with E-state index < -0.39 is 17.8 Å². The van der Waals surface area contributed by atoms with Gasteiger partial charge in [0, 0.05) is 23.6 Å². The predicted molar refractivity (Wildman–Crippen MR) is 93.3 cm³/mol. The van der Waals surface area contributed by atoms with E-state index in [2.05, 4.69) is 5.32 Å². The van der Waals surface area contributed by atoms with Crippen LogP contribution >= 0.6 is 23.2 Å². The van der Waals surface area contributed by atoms with E-state index in [4.69, 9.17) is 27.9 Å². The topological polar surface area (TPSA) is 72.5 Å². The number of carbonyl (C=O) groups is 3. The number of halogens is 2. The molecule has 0 aromatic heterocycles. The first kappa shape index (κ1) is 18.0. The predicted octanol–water partition coefficient (Wildman–Crippen LogP) is 3.25. The largest absolute Gasteiger partial charge is 0.468 e. The number of ketones is 1. The summed E-state index contributed by atoms with van der Waals surface area (Å²) in [5.74, 6) is -2.72. The van der Waals surface area contributed by atoms with Gasteiger partial charge in [-0.15, -0.1) is 0 Å². The first-order chi connectivity index (χ1) is 11.8. The molecule has 3 atom stereocenters. The molecule has 0 saturated heterocycles. The van der Waals surface area contributed by atoms with Crippen LogP contribution in [-0.4, -0.2) is 24.8 Å². The molecule has 1 amide bonds. The van der Waals surface area contributed by atoms with E-state index in [0.29, 0.717) is 33.3 Å². The number of carbonyl (C=O) groups excluding carboxylic acids is 3. The van der Waals surface area contributed by atoms with Crippen molar-refractivity contribution in [1.82, 2.24) is 5.32 Å². The Morgan fingerprint density at radius 2 is 1.96 bits per heavy atom. The Labute approximate surface area is 155 Å². The van der Waals surface area contributed by atoms with E-state index >= 15 is 0 Å². The lowest BCUT2D eigenvalue weighted by Gasteiger charge is -2.36. The summed E-state index contributed by atoms with van der Waals surface area (Å²) in [7, 11) is 1.26. The first-order valence-electron chi connectivity index (χ1n) is 7.94. The van der Waals surface area contributed by atoms with E-state index in [9.17, 15) is 14.4 Å². The van der Waals surface area contributed by atoms with Crippen LogP contribution < -0.4 is 5.32 Å². The van der Waals surface area contributed by atoms with Crippen LogP contribution in [0, 0.1) is 11.8 Å². The van der Waals surface area contributed by atoms with Crippen molar-refractivity contribution in [2.24, 2.45) is 11.8 Å². The minimum Gasteiger partial charge on any atom is -0.468 e. The normalized spacial score (nSPS) is 26.2. The van der Waals surface area contributed by atoms with Crippen molar-refractivity contribution in [2.45, 2.75) is 25.7 Å². The number of ether oxygens (including phenoxy) is 1. The zero-order valence-electron chi connectivity index (χ0n) is 13.8. The molecule has 0 unspecified atom stereocenters. The number of Topliss-reactive ketones (excluding diaryl/α,β-unsaturated/α-hetero) is 1. The third-order valence-electron chi connectivity index (χ3n) is 4.81. The summed E-state index contributed by atoms with van der Waals surface area (Å²) in [5.41, 5.74) is 1.61. The maximum absolute atomic E-state index is 13.1. The molecule has 1 aliphatic carbocycles. The van der Waals surface area contributed by atoms with Gasteiger partial charge in [-0.1, -0.05) is 42.3 Å². The lowest BCUT2D eigenvalue weighted by Crippen LogP contribution is -2.44. The number of methoxy groups -OCH3 is 1. The third-order valence-corrected chi connectivity index (χ3v) is 5.64. The van der Waals surface area contributed by atoms with Gasteiger partial charge in [0.2, 0.25) is 5.91 Å². The highest BCUT2D eigenvalue weighted by molar-refractivity contribution is 6.42. The molecule has 0 saturated carbocycles. The monoisotopic (exact) mass is 381 g/mol. The summed E-state index contributed by atoms with van der Waals surface area (Å²) < 4.78 is 4.80. The minimum atomic E-state index is -0.876. The summed E-state index contributed by atoms with van der Waals surface area (Å²) >= 11 is 12.4. The SMILES string of the molecule is COC(=O)[C@H]1C(=O)C2=C(C[C@H]1C)NC(=O)C[C@H]2c1cccc(Cl)c1Cl. The summed E-state index contributed by atoms with van der Waals surface area (Å²) in [6.07, 6.45) is 0.494. The van der Waals surface area contributed by atoms with Crippen LogP contribution in [-0.2, 0) is 19.1 Å². The van der Waals surface area contributed by atoms with Crippen LogP contribution in [0.4, 0.5) is 0 Å². The van der Waals surface area contributed by atoms with Crippen molar-refractivity contribution in [1.29, 1.82) is 0 Å². The number of esters is 1. The molecule has 0 radical (unpaired) electrons. The molecule has 1 aromatic rings. The maximum atomic E-state index is 13.1. The van der Waals surface area contributed by atoms with E-state index in [1.54, 1.807) is 25.1 Å². The third kappa shape index (κ3) is 3.07. The molecule has 1 aromatic carbocycles. The summed E-state index contributed by atoms with van der Waals surface area (Å²) in [5, 5.41) is 3.45. The molecule has 0 spiro atoms. The number of nitrogens with one attached hydrogen (secondary N) is 1. The molecular formula is C18H17Cl2NO4. The van der Waals surface area contributed by atoms with Gasteiger partial charge in [0.1, 0.15) is 5.92 Å². The number of benzene rings is 1. The Morgan fingerprint density at radius 1 is 1.24 bits per heavy atom. The molecule has 7 heteroatoms. The number of hydrogen-bond donors (Lipinski definition) is 1. The van der Waals surface area contributed by atoms with Gasteiger partial charge in [0.15, 0.2) is 5.78 Å². The van der Waals surface area contributed by atoms with E-state index in [0.717, 1.165) is 0 Å². The van der Waals surface area contributed by atoms with Crippen LogP contribution in [0.1, 0.15) is 31.2 Å². The number of amides is 1. The van der Waals surface area contributed by atoms with Gasteiger partial charge in [-0.25, -0.2) is 0 Å². The van der Waals surface area contributed by atoms with Crippen molar-refractivity contribution in [3.8, 4) is 0 Å². The van der Waals surface area contributed by atoms with Crippen LogP contribution in [0.2, 0.25) is 10.0 Å². The van der Waals surface area contributed by atoms with Gasteiger partial charge in [0.25, 0.3) is 0 Å². The number of hydrogen-bond acceptors (Lipinski definition) is 4. The number of allylic oxidation sites excluding steroid dienone is 2. The van der Waals surface area contributed by atoms with Gasteiger partial charge in [-0.3, -0.25) is 14.4 Å². The van der Waals surface area contributed by atoms with Gasteiger partial charge in [-0.05, 0) is 24.0 Å². The van der Waals surface area contributed by atoms with Crippen LogP contribution in [0.3, 0.4) is 0 Å². The summed E-state index contributed by atoms with van der Waals surface area (Å²) in [6, 6.07) is 5.12. The van der Waals surface area contributed by atoms with Crippen molar-refractivity contribution < 1.29 is 19.1 Å². The Hall–Kier alpha value is -1.85. The quantitative estimate of drug-likeness (QED) is 0.630. The maximum Gasteiger partial charge on any atom is 0.316 e. The molecule has 5 nitrogen and oxygen atoms in total. The van der Waals surface area contributed by atoms with Crippen molar-refractivity contribution >= 4 is 40.9 Å². The molecular weight excluding hydrogens is 365 g/mol. The minimum absolute atomic E-state index is 0.0763. The lowest BCUT2D eigenvalue weighted by atomic mass is 9.70. The molecule has 3 rings (SSSR count). The Morgan fingerprint density at radius 3 is 2.64 bits per heavy atom. The fraction of sp³-hybridized carbons (Fsp3) is 0.389. The van der Waals surface area contributed by atoms with Crippen molar-refractivity contribution in [3.05, 3.63) is 45.1 Å². The lowest BCUT2D eigenvalue weighted by molar-refractivity contribution is -0.151. The molecule has 2 aliphatic rings. The second kappa shape index (κ2) is 6.81.